The van der Waals surface area contributed by atoms with E-state index >= 15 is 0 Å². The number of nitrogens with zero attached hydrogens (tertiary/aromatic N) is 2. The molecule has 0 saturated carbocycles. The third-order valence-corrected chi connectivity index (χ3v) is 9.75. The second kappa shape index (κ2) is 7.31. The highest BCUT2D eigenvalue weighted by atomic mass is 28.4. The second-order valence-electron chi connectivity index (χ2n) is 8.14. The molecule has 0 spiro atoms. The maximum absolute atomic E-state index is 11.9. The quantitative estimate of drug-likeness (QED) is 0.708. The van der Waals surface area contributed by atoms with Crippen molar-refractivity contribution in [2.75, 3.05) is 23.7 Å². The zero-order chi connectivity index (χ0) is 18.8. The maximum Gasteiger partial charge on any atom is 0.412 e. The van der Waals surface area contributed by atoms with Gasteiger partial charge in [0, 0.05) is 19.3 Å². The molecule has 0 aromatic carbocycles. The number of carbonyl (C=O) groups is 1. The van der Waals surface area contributed by atoms with Gasteiger partial charge in [-0.25, -0.2) is 4.79 Å². The molecule has 1 aromatic heterocycles. The Morgan fingerprint density at radius 2 is 2.12 bits per heavy atom. The molecule has 1 aromatic rings. The van der Waals surface area contributed by atoms with Crippen molar-refractivity contribution in [3.8, 4) is 0 Å². The molecule has 1 aliphatic heterocycles. The number of aromatic nitrogens is 1. The number of carboxylic acid groups (broad SMARTS) is 1. The smallest absolute Gasteiger partial charge is 0.412 e. The van der Waals surface area contributed by atoms with Crippen LogP contribution < -0.4 is 16.0 Å². The van der Waals surface area contributed by atoms with Crippen molar-refractivity contribution < 1.29 is 14.3 Å². The van der Waals surface area contributed by atoms with E-state index in [0.29, 0.717) is 24.3 Å². The fourth-order valence-corrected chi connectivity index (χ4v) is 4.20. The zero-order valence-electron chi connectivity index (χ0n) is 15.7. The van der Waals surface area contributed by atoms with E-state index in [0.717, 1.165) is 6.54 Å². The molecule has 1 saturated heterocycles. The molecular formula is C17H30N4O3Si. The van der Waals surface area contributed by atoms with E-state index in [2.05, 4.69) is 44.2 Å². The Bertz CT molecular complexity index is 618. The number of hydrogen-bond acceptors (Lipinski definition) is 5. The Kier molecular flexibility index (Phi) is 5.75. The first-order valence-corrected chi connectivity index (χ1v) is 11.5. The summed E-state index contributed by atoms with van der Waals surface area (Å²) in [4.78, 5) is 17.2. The Labute approximate surface area is 150 Å². The van der Waals surface area contributed by atoms with Crippen LogP contribution in [0.1, 0.15) is 27.2 Å². The summed E-state index contributed by atoms with van der Waals surface area (Å²) in [5.41, 5.74) is 6.78. The fourth-order valence-electron chi connectivity index (χ4n) is 2.84. The van der Waals surface area contributed by atoms with Gasteiger partial charge >= 0.3 is 6.09 Å². The van der Waals surface area contributed by atoms with E-state index < -0.39 is 14.4 Å². The van der Waals surface area contributed by atoms with Crippen molar-refractivity contribution in [3.63, 3.8) is 0 Å². The highest BCUT2D eigenvalue weighted by Gasteiger charge is 2.41. The molecule has 2 unspecified atom stereocenters. The molecule has 2 atom stereocenters. The number of nitrogens with one attached hydrogen (secondary N) is 1. The van der Waals surface area contributed by atoms with E-state index in [1.807, 2.05) is 0 Å². The molecule has 0 aliphatic carbocycles. The molecule has 1 fully saturated rings. The fraction of sp³-hybridized carbons (Fsp3) is 0.647. The minimum absolute atomic E-state index is 0.00967. The van der Waals surface area contributed by atoms with Crippen molar-refractivity contribution >= 4 is 25.8 Å². The Morgan fingerprint density at radius 3 is 2.68 bits per heavy atom. The number of nitrogens with two attached hydrogens (primary N) is 1. The van der Waals surface area contributed by atoms with Gasteiger partial charge in [-0.1, -0.05) is 20.8 Å². The third-order valence-electron chi connectivity index (χ3n) is 5.21. The van der Waals surface area contributed by atoms with Crippen LogP contribution in [0.3, 0.4) is 0 Å². The number of anilines is 2. The van der Waals surface area contributed by atoms with Crippen LogP contribution in [0.2, 0.25) is 18.1 Å². The monoisotopic (exact) mass is 366 g/mol. The standard InChI is InChI=1S/C17H30N4O3Si/c1-17(2,3)25(4,5)24-13-8-12(9-20-10-13)21(16(22)23)15-6-7-19-11-14(15)18/h6-7,11-13,20H,8-10,18H2,1-5H3,(H,22,23). The average molecular weight is 367 g/mol. The van der Waals surface area contributed by atoms with Crippen LogP contribution in [0.4, 0.5) is 16.2 Å². The number of pyridine rings is 1. The summed E-state index contributed by atoms with van der Waals surface area (Å²) in [6, 6.07) is 1.41. The number of amides is 1. The first-order chi connectivity index (χ1) is 11.5. The summed E-state index contributed by atoms with van der Waals surface area (Å²) >= 11 is 0. The number of rotatable bonds is 4. The van der Waals surface area contributed by atoms with Crippen molar-refractivity contribution in [3.05, 3.63) is 18.5 Å². The summed E-state index contributed by atoms with van der Waals surface area (Å²) in [7, 11) is -1.91. The van der Waals surface area contributed by atoms with Crippen molar-refractivity contribution in [2.45, 2.75) is 57.5 Å². The first kappa shape index (κ1) is 19.7. The minimum atomic E-state index is -1.91. The highest BCUT2D eigenvalue weighted by Crippen LogP contribution is 2.38. The summed E-state index contributed by atoms with van der Waals surface area (Å²) in [5.74, 6) is 0. The lowest BCUT2D eigenvalue weighted by Crippen LogP contribution is -2.56. The summed E-state index contributed by atoms with van der Waals surface area (Å²) < 4.78 is 6.48. The molecule has 25 heavy (non-hydrogen) atoms. The van der Waals surface area contributed by atoms with E-state index in [-0.39, 0.29) is 17.2 Å². The van der Waals surface area contributed by atoms with Crippen LogP contribution in [0.15, 0.2) is 18.5 Å². The van der Waals surface area contributed by atoms with E-state index in [1.54, 1.807) is 12.3 Å². The number of nitrogen functional groups attached to an aromatic ring is 1. The molecule has 4 N–H and O–H groups in total. The van der Waals surface area contributed by atoms with Crippen LogP contribution in [0, 0.1) is 0 Å². The lowest BCUT2D eigenvalue weighted by Gasteiger charge is -2.43. The molecule has 7 nitrogen and oxygen atoms in total. The largest absolute Gasteiger partial charge is 0.465 e. The summed E-state index contributed by atoms with van der Waals surface area (Å²) in [6.45, 7) is 12.4. The van der Waals surface area contributed by atoms with Gasteiger partial charge in [0.2, 0.25) is 0 Å². The summed E-state index contributed by atoms with van der Waals surface area (Å²) in [6.07, 6.45) is 2.66. The predicted octanol–water partition coefficient (Wildman–Crippen LogP) is 2.90. The van der Waals surface area contributed by atoms with Crippen LogP contribution in [0.5, 0.6) is 0 Å². The topological polar surface area (TPSA) is 101 Å². The minimum Gasteiger partial charge on any atom is -0.465 e. The number of hydrogen-bond donors (Lipinski definition) is 3. The molecule has 140 valence electrons. The lowest BCUT2D eigenvalue weighted by atomic mass is 10.0. The molecule has 1 aliphatic rings. The molecule has 0 radical (unpaired) electrons. The average Bonchev–Trinajstić information content (AvgIpc) is 2.48. The van der Waals surface area contributed by atoms with Crippen LogP contribution >= 0.6 is 0 Å². The van der Waals surface area contributed by atoms with E-state index in [1.165, 1.54) is 11.1 Å². The van der Waals surface area contributed by atoms with Gasteiger partial charge in [0.05, 0.1) is 29.7 Å². The van der Waals surface area contributed by atoms with Gasteiger partial charge < -0.3 is 20.6 Å². The Balaban J connectivity index is 2.18. The van der Waals surface area contributed by atoms with Crippen LogP contribution in [-0.4, -0.2) is 49.7 Å². The number of piperidine rings is 1. The van der Waals surface area contributed by atoms with E-state index in [9.17, 15) is 9.90 Å². The van der Waals surface area contributed by atoms with Gasteiger partial charge in [-0.3, -0.25) is 9.88 Å². The first-order valence-electron chi connectivity index (χ1n) is 8.63. The van der Waals surface area contributed by atoms with Gasteiger partial charge in [-0.15, -0.1) is 0 Å². The molecular weight excluding hydrogens is 336 g/mol. The zero-order valence-corrected chi connectivity index (χ0v) is 16.7. The van der Waals surface area contributed by atoms with Crippen molar-refractivity contribution in [1.29, 1.82) is 0 Å². The van der Waals surface area contributed by atoms with Crippen molar-refractivity contribution in [1.82, 2.24) is 10.3 Å². The van der Waals surface area contributed by atoms with Crippen LogP contribution in [-0.2, 0) is 4.43 Å². The maximum atomic E-state index is 11.9. The Morgan fingerprint density at radius 1 is 1.44 bits per heavy atom. The molecule has 1 amide bonds. The lowest BCUT2D eigenvalue weighted by molar-refractivity contribution is 0.135. The van der Waals surface area contributed by atoms with Crippen molar-refractivity contribution in [2.24, 2.45) is 0 Å². The molecule has 2 heterocycles. The van der Waals surface area contributed by atoms with Gasteiger partial charge in [0.15, 0.2) is 8.32 Å². The predicted molar refractivity (Wildman–Crippen MR) is 102 cm³/mol. The normalized spacial score (nSPS) is 21.8. The molecule has 8 heteroatoms. The second-order valence-corrected chi connectivity index (χ2v) is 12.9. The highest BCUT2D eigenvalue weighted by molar-refractivity contribution is 6.74. The van der Waals surface area contributed by atoms with Gasteiger partial charge in [-0.2, -0.15) is 0 Å². The third kappa shape index (κ3) is 4.50. The van der Waals surface area contributed by atoms with Gasteiger partial charge in [-0.05, 0) is 30.6 Å². The molecule has 2 rings (SSSR count). The van der Waals surface area contributed by atoms with E-state index in [4.69, 9.17) is 10.2 Å². The SMILES string of the molecule is CC(C)(C)[Si](C)(C)OC1CNCC(N(C(=O)O)c2ccncc2N)C1. The van der Waals surface area contributed by atoms with Gasteiger partial charge in [0.25, 0.3) is 0 Å². The van der Waals surface area contributed by atoms with Gasteiger partial charge in [0.1, 0.15) is 0 Å². The van der Waals surface area contributed by atoms with Crippen LogP contribution in [0.25, 0.3) is 0 Å². The molecule has 0 bridgehead atoms. The Hall–Kier alpha value is -1.64. The summed E-state index contributed by atoms with van der Waals surface area (Å²) in [5, 5.41) is 13.2.